The molecular weight excluding hydrogens is 367 g/mol. The number of halogens is 1. The minimum atomic E-state index is -0.244. The van der Waals surface area contributed by atoms with Crippen LogP contribution in [0.4, 0.5) is 4.39 Å². The lowest BCUT2D eigenvalue weighted by atomic mass is 10.0. The summed E-state index contributed by atoms with van der Waals surface area (Å²) in [6.45, 7) is 6.07. The molecule has 0 radical (unpaired) electrons. The van der Waals surface area contributed by atoms with Gasteiger partial charge in [-0.25, -0.2) is 19.0 Å². The number of aromatic nitrogens is 6. The molecule has 0 N–H and O–H groups in total. The van der Waals surface area contributed by atoms with Crippen molar-refractivity contribution in [3.05, 3.63) is 76.9 Å². The third-order valence-corrected chi connectivity index (χ3v) is 4.98. The van der Waals surface area contributed by atoms with E-state index in [1.165, 1.54) is 12.1 Å². The van der Waals surface area contributed by atoms with Crippen LogP contribution in [-0.2, 0) is 19.9 Å². The summed E-state index contributed by atoms with van der Waals surface area (Å²) in [4.78, 5) is 8.82. The van der Waals surface area contributed by atoms with E-state index in [-0.39, 0.29) is 5.82 Å². The van der Waals surface area contributed by atoms with Crippen molar-refractivity contribution in [1.82, 2.24) is 29.5 Å². The van der Waals surface area contributed by atoms with Crippen LogP contribution in [0.5, 0.6) is 0 Å². The molecule has 0 aliphatic rings. The minimum absolute atomic E-state index is 0.244. The molecule has 0 fully saturated rings. The molecule has 3 aromatic heterocycles. The van der Waals surface area contributed by atoms with Crippen LogP contribution in [0, 0.1) is 19.7 Å². The van der Waals surface area contributed by atoms with Gasteiger partial charge in [-0.2, -0.15) is 10.2 Å². The van der Waals surface area contributed by atoms with Gasteiger partial charge in [0.15, 0.2) is 5.82 Å². The molecular formula is C22H23FN6. The van der Waals surface area contributed by atoms with E-state index in [1.807, 2.05) is 42.4 Å². The van der Waals surface area contributed by atoms with Gasteiger partial charge >= 0.3 is 0 Å². The van der Waals surface area contributed by atoms with Gasteiger partial charge in [0.1, 0.15) is 12.1 Å². The molecule has 0 aliphatic heterocycles. The zero-order valence-corrected chi connectivity index (χ0v) is 17.0. The van der Waals surface area contributed by atoms with Gasteiger partial charge in [0, 0.05) is 36.4 Å². The minimum Gasteiger partial charge on any atom is -0.267 e. The summed E-state index contributed by atoms with van der Waals surface area (Å²) in [5.74, 6) is 0.500. The molecule has 0 aliphatic carbocycles. The van der Waals surface area contributed by atoms with Crippen molar-refractivity contribution in [1.29, 1.82) is 0 Å². The van der Waals surface area contributed by atoms with Gasteiger partial charge in [0.2, 0.25) is 0 Å². The summed E-state index contributed by atoms with van der Waals surface area (Å²) in [6.07, 6.45) is 2.98. The van der Waals surface area contributed by atoms with Crippen LogP contribution in [0.15, 0.2) is 42.7 Å². The van der Waals surface area contributed by atoms with Crippen LogP contribution >= 0.6 is 0 Å². The molecule has 148 valence electrons. The summed E-state index contributed by atoms with van der Waals surface area (Å²) in [5, 5.41) is 9.24. The number of aryl methyl sites for hydroxylation is 3. The molecule has 0 saturated carbocycles. The van der Waals surface area contributed by atoms with Crippen molar-refractivity contribution >= 4 is 0 Å². The molecule has 0 spiro atoms. The molecule has 0 atom stereocenters. The predicted molar refractivity (Wildman–Crippen MR) is 109 cm³/mol. The lowest BCUT2D eigenvalue weighted by Crippen LogP contribution is -2.05. The maximum atomic E-state index is 13.3. The third kappa shape index (κ3) is 3.68. The smallest absolute Gasteiger partial charge is 0.157 e. The number of rotatable bonds is 5. The van der Waals surface area contributed by atoms with Crippen molar-refractivity contribution in [2.24, 2.45) is 7.05 Å². The second-order valence-electron chi connectivity index (χ2n) is 7.14. The number of hydrogen-bond donors (Lipinski definition) is 0. The second kappa shape index (κ2) is 7.58. The zero-order chi connectivity index (χ0) is 20.5. The molecule has 4 rings (SSSR count). The van der Waals surface area contributed by atoms with Crippen LogP contribution in [0.1, 0.15) is 35.3 Å². The van der Waals surface area contributed by atoms with Crippen molar-refractivity contribution in [2.75, 3.05) is 0 Å². The Morgan fingerprint density at radius 1 is 1.00 bits per heavy atom. The van der Waals surface area contributed by atoms with E-state index in [1.54, 1.807) is 18.5 Å². The fraction of sp³-hybridized carbons (Fsp3) is 0.273. The second-order valence-corrected chi connectivity index (χ2v) is 7.14. The Labute approximate surface area is 169 Å². The summed E-state index contributed by atoms with van der Waals surface area (Å²) in [5.41, 5.74) is 6.92. The molecule has 0 unspecified atom stereocenters. The Morgan fingerprint density at radius 2 is 1.76 bits per heavy atom. The number of benzene rings is 1. The first-order valence-electron chi connectivity index (χ1n) is 9.61. The van der Waals surface area contributed by atoms with Crippen molar-refractivity contribution in [3.8, 4) is 17.1 Å². The fourth-order valence-corrected chi connectivity index (χ4v) is 3.74. The molecule has 6 nitrogen and oxygen atoms in total. The zero-order valence-electron chi connectivity index (χ0n) is 17.0. The Bertz CT molecular complexity index is 1160. The molecule has 1 aromatic carbocycles. The summed E-state index contributed by atoms with van der Waals surface area (Å²) in [7, 11) is 1.92. The third-order valence-electron chi connectivity index (χ3n) is 4.98. The topological polar surface area (TPSA) is 61.4 Å². The van der Waals surface area contributed by atoms with Crippen LogP contribution in [-0.4, -0.2) is 29.5 Å². The molecule has 0 bridgehead atoms. The average molecular weight is 390 g/mol. The van der Waals surface area contributed by atoms with E-state index in [0.717, 1.165) is 51.8 Å². The quantitative estimate of drug-likeness (QED) is 0.517. The van der Waals surface area contributed by atoms with E-state index in [4.69, 9.17) is 5.10 Å². The first-order chi connectivity index (χ1) is 14.0. The van der Waals surface area contributed by atoms with E-state index in [2.05, 4.69) is 22.0 Å². The lowest BCUT2D eigenvalue weighted by Gasteiger charge is -2.07. The first kappa shape index (κ1) is 19.0. The molecule has 0 amide bonds. The highest BCUT2D eigenvalue weighted by atomic mass is 19.1. The van der Waals surface area contributed by atoms with Crippen LogP contribution in [0.3, 0.4) is 0 Å². The van der Waals surface area contributed by atoms with Gasteiger partial charge in [-0.05, 0) is 50.6 Å². The van der Waals surface area contributed by atoms with E-state index in [0.29, 0.717) is 6.42 Å². The van der Waals surface area contributed by atoms with Gasteiger partial charge in [-0.15, -0.1) is 0 Å². The summed E-state index contributed by atoms with van der Waals surface area (Å²) in [6, 6.07) is 10.5. The van der Waals surface area contributed by atoms with Crippen molar-refractivity contribution in [3.63, 3.8) is 0 Å². The molecule has 3 heterocycles. The van der Waals surface area contributed by atoms with E-state index in [9.17, 15) is 4.39 Å². The predicted octanol–water partition coefficient (Wildman–Crippen LogP) is 3.97. The van der Waals surface area contributed by atoms with Gasteiger partial charge < -0.3 is 0 Å². The monoisotopic (exact) mass is 390 g/mol. The Morgan fingerprint density at radius 3 is 2.41 bits per heavy atom. The highest BCUT2D eigenvalue weighted by Crippen LogP contribution is 2.28. The van der Waals surface area contributed by atoms with Crippen molar-refractivity contribution in [2.45, 2.75) is 33.6 Å². The molecule has 7 heteroatoms. The standard InChI is InChI=1S/C22H23FN6/c1-5-19-20(27-28(4)22(19)16-6-8-17(23)9-7-16)11-18-12-21(25-13-24-18)29-15(3)10-14(2)26-29/h6-10,12-13H,5,11H2,1-4H3. The van der Waals surface area contributed by atoms with Gasteiger partial charge in [-0.1, -0.05) is 6.92 Å². The van der Waals surface area contributed by atoms with Crippen molar-refractivity contribution < 1.29 is 4.39 Å². The lowest BCUT2D eigenvalue weighted by molar-refractivity contribution is 0.628. The van der Waals surface area contributed by atoms with Gasteiger partial charge in [0.05, 0.1) is 22.8 Å². The fourth-order valence-electron chi connectivity index (χ4n) is 3.74. The van der Waals surface area contributed by atoms with Gasteiger partial charge in [-0.3, -0.25) is 4.68 Å². The normalized spacial score (nSPS) is 11.2. The maximum absolute atomic E-state index is 13.3. The number of hydrogen-bond acceptors (Lipinski definition) is 4. The summed E-state index contributed by atoms with van der Waals surface area (Å²) >= 11 is 0. The molecule has 29 heavy (non-hydrogen) atoms. The van der Waals surface area contributed by atoms with E-state index >= 15 is 0 Å². The first-order valence-corrected chi connectivity index (χ1v) is 9.61. The molecule has 4 aromatic rings. The summed E-state index contributed by atoms with van der Waals surface area (Å²) < 4.78 is 17.0. The van der Waals surface area contributed by atoms with Crippen LogP contribution < -0.4 is 0 Å². The highest BCUT2D eigenvalue weighted by Gasteiger charge is 2.17. The molecule has 0 saturated heterocycles. The largest absolute Gasteiger partial charge is 0.267 e. The number of nitrogens with zero attached hydrogens (tertiary/aromatic N) is 6. The maximum Gasteiger partial charge on any atom is 0.157 e. The SMILES string of the molecule is CCc1c(Cc2cc(-n3nc(C)cc3C)ncn2)nn(C)c1-c1ccc(F)cc1. The van der Waals surface area contributed by atoms with Crippen LogP contribution in [0.25, 0.3) is 17.1 Å². The Kier molecular flexibility index (Phi) is 4.96. The van der Waals surface area contributed by atoms with Gasteiger partial charge in [0.25, 0.3) is 0 Å². The highest BCUT2D eigenvalue weighted by molar-refractivity contribution is 5.65. The average Bonchev–Trinajstić information content (AvgIpc) is 3.20. The Hall–Kier alpha value is -3.35. The van der Waals surface area contributed by atoms with E-state index < -0.39 is 0 Å². The van der Waals surface area contributed by atoms with Crippen LogP contribution in [0.2, 0.25) is 0 Å². The Balaban J connectivity index is 1.70.